The molecule has 1 aromatic heterocycles. The molecule has 0 bridgehead atoms. The third-order valence-corrected chi connectivity index (χ3v) is 2.11. The second-order valence-corrected chi connectivity index (χ2v) is 3.19. The molecule has 0 aliphatic heterocycles. The molecule has 2 aromatic rings. The predicted octanol–water partition coefficient (Wildman–Crippen LogP) is 2.36. The van der Waals surface area contributed by atoms with Crippen molar-refractivity contribution in [3.8, 4) is 16.9 Å². The number of nitro groups is 1. The molecule has 0 fully saturated rings. The molecule has 0 unspecified atom stereocenters. The first-order valence-corrected chi connectivity index (χ1v) is 4.57. The molecule has 0 radical (unpaired) electrons. The van der Waals surface area contributed by atoms with Crippen molar-refractivity contribution >= 4 is 5.82 Å². The molecule has 0 saturated carbocycles. The molecule has 1 N–H and O–H groups in total. The Morgan fingerprint density at radius 1 is 1.25 bits per heavy atom. The molecule has 2 rings (SSSR count). The van der Waals surface area contributed by atoms with E-state index in [2.05, 4.69) is 4.98 Å². The van der Waals surface area contributed by atoms with Crippen LogP contribution in [0.3, 0.4) is 0 Å². The van der Waals surface area contributed by atoms with Crippen LogP contribution in [0.1, 0.15) is 0 Å². The number of hydrogen-bond acceptors (Lipinski definition) is 4. The maximum Gasteiger partial charge on any atom is 0.371 e. The van der Waals surface area contributed by atoms with Crippen LogP contribution in [0.25, 0.3) is 11.1 Å². The fourth-order valence-electron chi connectivity index (χ4n) is 1.42. The van der Waals surface area contributed by atoms with E-state index in [1.54, 1.807) is 24.3 Å². The van der Waals surface area contributed by atoms with E-state index in [1.165, 1.54) is 6.07 Å². The first-order chi connectivity index (χ1) is 7.68. The number of benzene rings is 1. The molecule has 80 valence electrons. The fraction of sp³-hybridized carbons (Fsp3) is 0. The summed E-state index contributed by atoms with van der Waals surface area (Å²) >= 11 is 0. The van der Waals surface area contributed by atoms with Crippen LogP contribution in [0.2, 0.25) is 0 Å². The normalized spacial score (nSPS) is 10.0. The summed E-state index contributed by atoms with van der Waals surface area (Å²) in [6.45, 7) is 0. The van der Waals surface area contributed by atoms with Gasteiger partial charge in [0.15, 0.2) is 11.9 Å². The zero-order valence-electron chi connectivity index (χ0n) is 8.20. The van der Waals surface area contributed by atoms with Gasteiger partial charge < -0.3 is 15.2 Å². The van der Waals surface area contributed by atoms with Gasteiger partial charge >= 0.3 is 5.82 Å². The lowest BCUT2D eigenvalue weighted by atomic mass is 10.1. The lowest BCUT2D eigenvalue weighted by Gasteiger charge is -2.02. The average molecular weight is 216 g/mol. The summed E-state index contributed by atoms with van der Waals surface area (Å²) in [6.07, 6.45) is 1.06. The largest absolute Gasteiger partial charge is 0.504 e. The first-order valence-electron chi connectivity index (χ1n) is 4.57. The van der Waals surface area contributed by atoms with Crippen LogP contribution < -0.4 is 0 Å². The van der Waals surface area contributed by atoms with Gasteiger partial charge in [0.05, 0.1) is 5.56 Å². The van der Waals surface area contributed by atoms with Crippen LogP contribution >= 0.6 is 0 Å². The van der Waals surface area contributed by atoms with E-state index in [4.69, 9.17) is 0 Å². The summed E-state index contributed by atoms with van der Waals surface area (Å²) in [5.41, 5.74) is 0.961. The molecule has 0 aliphatic rings. The lowest BCUT2D eigenvalue weighted by Crippen LogP contribution is -1.94. The molecular weight excluding hydrogens is 208 g/mol. The van der Waals surface area contributed by atoms with Gasteiger partial charge in [0, 0.05) is 6.07 Å². The number of aromatic hydroxyl groups is 1. The minimum absolute atomic E-state index is 0.0931. The van der Waals surface area contributed by atoms with Gasteiger partial charge in [-0.1, -0.05) is 30.3 Å². The molecule has 0 spiro atoms. The van der Waals surface area contributed by atoms with E-state index in [0.29, 0.717) is 11.1 Å². The van der Waals surface area contributed by atoms with Crippen LogP contribution in [0.4, 0.5) is 5.82 Å². The van der Waals surface area contributed by atoms with E-state index in [-0.39, 0.29) is 11.6 Å². The van der Waals surface area contributed by atoms with Gasteiger partial charge in [0.2, 0.25) is 0 Å². The SMILES string of the molecule is O=[N+]([O-])c1ncc(O)cc1-c1ccccc1. The van der Waals surface area contributed by atoms with E-state index in [1.807, 2.05) is 6.07 Å². The number of aromatic nitrogens is 1. The minimum atomic E-state index is -0.568. The zero-order valence-corrected chi connectivity index (χ0v) is 8.20. The molecule has 0 saturated heterocycles. The molecule has 16 heavy (non-hydrogen) atoms. The van der Waals surface area contributed by atoms with Crippen molar-refractivity contribution in [3.63, 3.8) is 0 Å². The van der Waals surface area contributed by atoms with Gasteiger partial charge in [-0.15, -0.1) is 0 Å². The van der Waals surface area contributed by atoms with Gasteiger partial charge in [-0.05, 0) is 15.5 Å². The zero-order chi connectivity index (χ0) is 11.5. The van der Waals surface area contributed by atoms with Gasteiger partial charge in [-0.3, -0.25) is 0 Å². The number of hydrogen-bond donors (Lipinski definition) is 1. The summed E-state index contributed by atoms with van der Waals surface area (Å²) in [4.78, 5) is 13.8. The average Bonchev–Trinajstić information content (AvgIpc) is 2.29. The van der Waals surface area contributed by atoms with Crippen LogP contribution in [-0.2, 0) is 0 Å². The molecule has 5 nitrogen and oxygen atoms in total. The van der Waals surface area contributed by atoms with Crippen molar-refractivity contribution in [3.05, 3.63) is 52.7 Å². The lowest BCUT2D eigenvalue weighted by molar-refractivity contribution is -0.388. The summed E-state index contributed by atoms with van der Waals surface area (Å²) in [7, 11) is 0. The third kappa shape index (κ3) is 1.83. The van der Waals surface area contributed by atoms with Crippen molar-refractivity contribution in [2.75, 3.05) is 0 Å². The van der Waals surface area contributed by atoms with Crippen molar-refractivity contribution in [1.29, 1.82) is 0 Å². The predicted molar refractivity (Wildman–Crippen MR) is 58.0 cm³/mol. The topological polar surface area (TPSA) is 76.3 Å². The highest BCUT2D eigenvalue weighted by atomic mass is 16.6. The van der Waals surface area contributed by atoms with Crippen molar-refractivity contribution < 1.29 is 10.0 Å². The van der Waals surface area contributed by atoms with Crippen LogP contribution in [-0.4, -0.2) is 15.0 Å². The number of rotatable bonds is 2. The summed E-state index contributed by atoms with van der Waals surface area (Å²) in [6, 6.07) is 10.1. The Balaban J connectivity index is 2.63. The Kier molecular flexibility index (Phi) is 2.51. The minimum Gasteiger partial charge on any atom is -0.504 e. The second kappa shape index (κ2) is 3.98. The maximum atomic E-state index is 10.8. The smallest absolute Gasteiger partial charge is 0.371 e. The summed E-state index contributed by atoms with van der Waals surface area (Å²) < 4.78 is 0. The standard InChI is InChI=1S/C11H8N2O3/c14-9-6-10(8-4-2-1-3-5-8)11(12-7-9)13(15)16/h1-7,14H. The summed E-state index contributed by atoms with van der Waals surface area (Å²) in [5.74, 6) is -0.353. The molecule has 0 aliphatic carbocycles. The molecule has 0 amide bonds. The van der Waals surface area contributed by atoms with Crippen LogP contribution in [0.15, 0.2) is 42.6 Å². The van der Waals surface area contributed by atoms with E-state index in [0.717, 1.165) is 6.20 Å². The van der Waals surface area contributed by atoms with E-state index < -0.39 is 4.92 Å². The molecule has 1 aromatic carbocycles. The highest BCUT2D eigenvalue weighted by Gasteiger charge is 2.17. The van der Waals surface area contributed by atoms with Crippen LogP contribution in [0, 0.1) is 10.1 Å². The Morgan fingerprint density at radius 2 is 1.94 bits per heavy atom. The van der Waals surface area contributed by atoms with Gasteiger partial charge in [-0.25, -0.2) is 0 Å². The summed E-state index contributed by atoms with van der Waals surface area (Å²) in [5, 5.41) is 20.1. The van der Waals surface area contributed by atoms with E-state index >= 15 is 0 Å². The monoisotopic (exact) mass is 216 g/mol. The van der Waals surface area contributed by atoms with Crippen molar-refractivity contribution in [2.45, 2.75) is 0 Å². The Labute approximate surface area is 91.2 Å². The van der Waals surface area contributed by atoms with Crippen molar-refractivity contribution in [1.82, 2.24) is 4.98 Å². The highest BCUT2D eigenvalue weighted by Crippen LogP contribution is 2.30. The Hall–Kier alpha value is -2.43. The molecule has 5 heteroatoms. The Morgan fingerprint density at radius 3 is 2.56 bits per heavy atom. The van der Waals surface area contributed by atoms with Gasteiger partial charge in [0.1, 0.15) is 0 Å². The molecule has 1 heterocycles. The maximum absolute atomic E-state index is 10.8. The molecular formula is C11H8N2O3. The number of pyridine rings is 1. The van der Waals surface area contributed by atoms with Gasteiger partial charge in [0.25, 0.3) is 0 Å². The quantitative estimate of drug-likeness (QED) is 0.617. The first kappa shape index (κ1) is 10.1. The highest BCUT2D eigenvalue weighted by molar-refractivity contribution is 5.72. The van der Waals surface area contributed by atoms with E-state index in [9.17, 15) is 15.2 Å². The fourth-order valence-corrected chi connectivity index (χ4v) is 1.42. The molecule has 0 atom stereocenters. The Bertz CT molecular complexity index is 526. The van der Waals surface area contributed by atoms with Crippen LogP contribution in [0.5, 0.6) is 5.75 Å². The third-order valence-electron chi connectivity index (χ3n) is 2.11. The van der Waals surface area contributed by atoms with Crippen molar-refractivity contribution in [2.24, 2.45) is 0 Å². The van der Waals surface area contributed by atoms with Gasteiger partial charge in [-0.2, -0.15) is 0 Å². The number of nitrogens with zero attached hydrogens (tertiary/aromatic N) is 2. The second-order valence-electron chi connectivity index (χ2n) is 3.19.